The van der Waals surface area contributed by atoms with Crippen LogP contribution in [0.15, 0.2) is 42.9 Å². The van der Waals surface area contributed by atoms with Gasteiger partial charge in [0.2, 0.25) is 0 Å². The Labute approximate surface area is 177 Å². The van der Waals surface area contributed by atoms with Crippen LogP contribution in [0.2, 0.25) is 0 Å². The van der Waals surface area contributed by atoms with Gasteiger partial charge >= 0.3 is 0 Å². The van der Waals surface area contributed by atoms with Gasteiger partial charge in [0.1, 0.15) is 8.68 Å². The van der Waals surface area contributed by atoms with Crippen LogP contribution in [0.5, 0.6) is 0 Å². The molecule has 3 rings (SSSR count). The third kappa shape index (κ3) is 4.39. The van der Waals surface area contributed by atoms with Crippen LogP contribution in [0.1, 0.15) is 33.5 Å². The average molecular weight is 481 g/mol. The molecule has 0 atom stereocenters. The number of hydrogen-bond acceptors (Lipinski definition) is 5. The molecule has 8 heteroatoms. The van der Waals surface area contributed by atoms with Gasteiger partial charge in [0.25, 0.3) is 15.9 Å². The lowest BCUT2D eigenvalue weighted by Gasteiger charge is -2.07. The van der Waals surface area contributed by atoms with E-state index >= 15 is 0 Å². The van der Waals surface area contributed by atoms with E-state index < -0.39 is 10.0 Å². The Morgan fingerprint density at radius 1 is 1.21 bits per heavy atom. The van der Waals surface area contributed by atoms with E-state index in [-0.39, 0.29) is 10.1 Å². The molecule has 0 unspecified atom stereocenters. The lowest BCUT2D eigenvalue weighted by Crippen LogP contribution is -2.13. The summed E-state index contributed by atoms with van der Waals surface area (Å²) in [7, 11) is -3.76. The van der Waals surface area contributed by atoms with Crippen LogP contribution in [-0.2, 0) is 16.4 Å². The number of benzene rings is 1. The van der Waals surface area contributed by atoms with Crippen molar-refractivity contribution in [3.05, 3.63) is 67.6 Å². The van der Waals surface area contributed by atoms with Crippen molar-refractivity contribution < 1.29 is 12.9 Å². The van der Waals surface area contributed by atoms with E-state index in [0.717, 1.165) is 5.56 Å². The van der Waals surface area contributed by atoms with E-state index in [1.54, 1.807) is 12.3 Å². The second-order valence-electron chi connectivity index (χ2n) is 6.67. The molecular weight excluding hydrogens is 460 g/mol. The van der Waals surface area contributed by atoms with E-state index in [9.17, 15) is 8.42 Å². The molecule has 0 spiro atoms. The van der Waals surface area contributed by atoms with Crippen molar-refractivity contribution in [3.63, 3.8) is 0 Å². The smallest absolute Gasteiger partial charge is 0.274 e. The van der Waals surface area contributed by atoms with Crippen molar-refractivity contribution in [1.82, 2.24) is 5.16 Å². The molecule has 0 aliphatic rings. The maximum absolute atomic E-state index is 12.8. The van der Waals surface area contributed by atoms with Crippen LogP contribution in [-0.4, -0.2) is 13.6 Å². The van der Waals surface area contributed by atoms with Gasteiger partial charge in [-0.25, -0.2) is 13.1 Å². The van der Waals surface area contributed by atoms with Crippen LogP contribution >= 0.6 is 27.3 Å². The molecule has 0 fully saturated rings. The number of nitrogens with zero attached hydrogens (tertiary/aromatic N) is 1. The quantitative estimate of drug-likeness (QED) is 0.484. The first-order chi connectivity index (χ1) is 13.2. The van der Waals surface area contributed by atoms with Gasteiger partial charge < -0.3 is 4.52 Å². The largest absolute Gasteiger partial charge is 0.336 e. The van der Waals surface area contributed by atoms with Crippen LogP contribution in [0, 0.1) is 27.7 Å². The maximum Gasteiger partial charge on any atom is 0.274 e. The van der Waals surface area contributed by atoms with Crippen molar-refractivity contribution in [2.75, 3.05) is 4.72 Å². The molecule has 5 nitrogen and oxygen atoms in total. The molecule has 28 heavy (non-hydrogen) atoms. The van der Waals surface area contributed by atoms with Gasteiger partial charge in [-0.2, -0.15) is 0 Å². The highest BCUT2D eigenvalue weighted by atomic mass is 79.9. The monoisotopic (exact) mass is 480 g/mol. The van der Waals surface area contributed by atoms with Gasteiger partial charge in [-0.1, -0.05) is 35.0 Å². The molecule has 0 bridgehead atoms. The molecule has 0 radical (unpaired) electrons. The number of hydrogen-bond donors (Lipinski definition) is 1. The molecule has 1 N–H and O–H groups in total. The van der Waals surface area contributed by atoms with E-state index in [4.69, 9.17) is 4.52 Å². The number of anilines is 1. The third-order valence-electron chi connectivity index (χ3n) is 4.33. The number of aromatic nitrogens is 1. The standard InChI is InChI=1S/C20H21BrN2O3S2/c1-12-10-13(2)17(14(3)11-12)7-5-6-16-8-9-27-20(16)28(24,25)23-19-18(21)15(4)22-26-19/h5,7-11,23H,6H2,1-4H3/b7-5+. The Morgan fingerprint density at radius 2 is 1.89 bits per heavy atom. The number of nitrogens with one attached hydrogen (secondary N) is 1. The molecule has 2 heterocycles. The van der Waals surface area contributed by atoms with Crippen LogP contribution in [0.4, 0.5) is 5.88 Å². The Morgan fingerprint density at radius 3 is 2.50 bits per heavy atom. The molecule has 148 valence electrons. The zero-order chi connectivity index (χ0) is 20.5. The summed E-state index contributed by atoms with van der Waals surface area (Å²) in [6.07, 6.45) is 4.57. The fourth-order valence-corrected chi connectivity index (χ4v) is 5.86. The summed E-state index contributed by atoms with van der Waals surface area (Å²) in [6, 6.07) is 6.13. The van der Waals surface area contributed by atoms with Gasteiger partial charge in [-0.05, 0) is 83.7 Å². The number of aryl methyl sites for hydroxylation is 4. The summed E-state index contributed by atoms with van der Waals surface area (Å²) in [6.45, 7) is 7.97. The highest BCUT2D eigenvalue weighted by Gasteiger charge is 2.23. The number of allylic oxidation sites excluding steroid dienone is 1. The number of sulfonamides is 1. The maximum atomic E-state index is 12.8. The van der Waals surface area contributed by atoms with Crippen molar-refractivity contribution in [1.29, 1.82) is 0 Å². The minimum Gasteiger partial charge on any atom is -0.336 e. The van der Waals surface area contributed by atoms with Gasteiger partial charge in [0.05, 0.1) is 5.69 Å². The molecule has 0 aliphatic carbocycles. The molecular formula is C20H21BrN2O3S2. The molecule has 1 aromatic carbocycles. The SMILES string of the molecule is Cc1cc(C)c(/C=C/Cc2ccsc2S(=O)(=O)Nc2onc(C)c2Br)c(C)c1. The predicted molar refractivity (Wildman–Crippen MR) is 117 cm³/mol. The second-order valence-corrected chi connectivity index (χ2v) is 10.3. The fraction of sp³-hybridized carbons (Fsp3) is 0.250. The highest BCUT2D eigenvalue weighted by molar-refractivity contribution is 9.10. The van der Waals surface area contributed by atoms with Gasteiger partial charge in [0.15, 0.2) is 0 Å². The van der Waals surface area contributed by atoms with Gasteiger partial charge in [-0.15, -0.1) is 11.3 Å². The molecule has 0 saturated heterocycles. The third-order valence-corrected chi connectivity index (χ3v) is 8.16. The first kappa shape index (κ1) is 20.8. The van der Waals surface area contributed by atoms with E-state index in [2.05, 4.69) is 64.8 Å². The fourth-order valence-electron chi connectivity index (χ4n) is 3.06. The summed E-state index contributed by atoms with van der Waals surface area (Å²) >= 11 is 4.46. The van der Waals surface area contributed by atoms with Crippen LogP contribution in [0.25, 0.3) is 6.08 Å². The average Bonchev–Trinajstić information content (AvgIpc) is 3.20. The summed E-state index contributed by atoms with van der Waals surface area (Å²) in [5.41, 5.74) is 6.14. The van der Waals surface area contributed by atoms with E-state index in [0.29, 0.717) is 16.6 Å². The minimum absolute atomic E-state index is 0.0818. The summed E-state index contributed by atoms with van der Waals surface area (Å²) in [5.74, 6) is 0.0818. The van der Waals surface area contributed by atoms with E-state index in [1.165, 1.54) is 33.6 Å². The Hall–Kier alpha value is -1.90. The Balaban J connectivity index is 1.81. The number of thiophene rings is 1. The molecule has 0 saturated carbocycles. The van der Waals surface area contributed by atoms with Crippen molar-refractivity contribution in [2.45, 2.75) is 38.3 Å². The zero-order valence-corrected chi connectivity index (χ0v) is 19.3. The summed E-state index contributed by atoms with van der Waals surface area (Å²) in [4.78, 5) is 0. The van der Waals surface area contributed by atoms with Crippen molar-refractivity contribution in [2.24, 2.45) is 0 Å². The molecule has 2 aromatic heterocycles. The summed E-state index contributed by atoms with van der Waals surface area (Å²) < 4.78 is 33.9. The lowest BCUT2D eigenvalue weighted by atomic mass is 9.99. The topological polar surface area (TPSA) is 72.2 Å². The first-order valence-electron chi connectivity index (χ1n) is 8.64. The normalized spacial score (nSPS) is 12.0. The second kappa shape index (κ2) is 8.23. The Kier molecular flexibility index (Phi) is 6.12. The predicted octanol–water partition coefficient (Wildman–Crippen LogP) is 5.79. The van der Waals surface area contributed by atoms with Crippen molar-refractivity contribution >= 4 is 49.3 Å². The Bertz CT molecular complexity index is 1120. The van der Waals surface area contributed by atoms with E-state index in [1.807, 2.05) is 12.1 Å². The minimum atomic E-state index is -3.76. The number of rotatable bonds is 6. The van der Waals surface area contributed by atoms with Crippen LogP contribution < -0.4 is 4.72 Å². The van der Waals surface area contributed by atoms with Crippen molar-refractivity contribution in [3.8, 4) is 0 Å². The first-order valence-corrected chi connectivity index (χ1v) is 11.8. The summed E-state index contributed by atoms with van der Waals surface area (Å²) in [5, 5.41) is 5.53. The highest BCUT2D eigenvalue weighted by Crippen LogP contribution is 2.31. The van der Waals surface area contributed by atoms with Crippen LogP contribution in [0.3, 0.4) is 0 Å². The number of halogens is 1. The lowest BCUT2D eigenvalue weighted by molar-refractivity contribution is 0.430. The van der Waals surface area contributed by atoms with Gasteiger partial charge in [-0.3, -0.25) is 0 Å². The zero-order valence-electron chi connectivity index (χ0n) is 16.0. The molecule has 3 aromatic rings. The molecule has 0 amide bonds. The van der Waals surface area contributed by atoms with Gasteiger partial charge in [0, 0.05) is 0 Å². The molecule has 0 aliphatic heterocycles.